The first-order chi connectivity index (χ1) is 8.11. The maximum atomic E-state index is 11.7. The molecule has 1 rings (SSSR count). The number of amides is 2. The number of nitrogens with one attached hydrogen (secondary N) is 2. The second-order valence-electron chi connectivity index (χ2n) is 5.34. The largest absolute Gasteiger partial charge is 0.396 e. The van der Waals surface area contributed by atoms with Crippen molar-refractivity contribution in [1.82, 2.24) is 10.6 Å². The Kier molecular flexibility index (Phi) is 6.34. The third-order valence-electron chi connectivity index (χ3n) is 3.52. The summed E-state index contributed by atoms with van der Waals surface area (Å²) in [6.45, 7) is 4.43. The van der Waals surface area contributed by atoms with E-state index in [1.807, 2.05) is 6.92 Å². The van der Waals surface area contributed by atoms with Crippen LogP contribution in [-0.2, 0) is 0 Å². The van der Waals surface area contributed by atoms with Crippen LogP contribution in [0.25, 0.3) is 0 Å². The summed E-state index contributed by atoms with van der Waals surface area (Å²) in [5.74, 6) is 0.805. The molecule has 0 radical (unpaired) electrons. The summed E-state index contributed by atoms with van der Waals surface area (Å²) in [6, 6.07) is 0.413. The molecular formula is C13H26N2O2. The van der Waals surface area contributed by atoms with E-state index < -0.39 is 0 Å². The monoisotopic (exact) mass is 242 g/mol. The predicted molar refractivity (Wildman–Crippen MR) is 68.9 cm³/mol. The Labute approximate surface area is 104 Å². The number of aliphatic hydroxyl groups excluding tert-OH is 1. The second kappa shape index (κ2) is 7.54. The highest BCUT2D eigenvalue weighted by atomic mass is 16.3. The molecule has 17 heavy (non-hydrogen) atoms. The zero-order valence-corrected chi connectivity index (χ0v) is 11.0. The summed E-state index contributed by atoms with van der Waals surface area (Å²) in [5, 5.41) is 14.7. The summed E-state index contributed by atoms with van der Waals surface area (Å²) in [5.41, 5.74) is 0. The Morgan fingerprint density at radius 2 is 2.00 bits per heavy atom. The predicted octanol–water partition coefficient (Wildman–Crippen LogP) is 2.03. The molecule has 0 aliphatic heterocycles. The lowest BCUT2D eigenvalue weighted by molar-refractivity contribution is 0.223. The fourth-order valence-electron chi connectivity index (χ4n) is 2.32. The molecule has 0 spiro atoms. The molecule has 0 bridgehead atoms. The topological polar surface area (TPSA) is 61.4 Å². The van der Waals surface area contributed by atoms with E-state index in [9.17, 15) is 4.79 Å². The highest BCUT2D eigenvalue weighted by molar-refractivity contribution is 5.74. The van der Waals surface area contributed by atoms with Gasteiger partial charge in [-0.2, -0.15) is 0 Å². The SMILES string of the molecule is CC1CCC(NC(=O)NC(C)CCCO)CC1. The third kappa shape index (κ3) is 5.91. The number of aliphatic hydroxyl groups is 1. The molecule has 0 heterocycles. The fraction of sp³-hybridized carbons (Fsp3) is 0.923. The van der Waals surface area contributed by atoms with Crippen LogP contribution in [0.5, 0.6) is 0 Å². The molecular weight excluding hydrogens is 216 g/mol. The maximum Gasteiger partial charge on any atom is 0.315 e. The van der Waals surface area contributed by atoms with Gasteiger partial charge in [-0.15, -0.1) is 0 Å². The maximum absolute atomic E-state index is 11.7. The molecule has 0 aromatic rings. The smallest absolute Gasteiger partial charge is 0.315 e. The van der Waals surface area contributed by atoms with Crippen molar-refractivity contribution in [3.63, 3.8) is 0 Å². The van der Waals surface area contributed by atoms with Gasteiger partial charge in [-0.1, -0.05) is 6.92 Å². The molecule has 2 amide bonds. The van der Waals surface area contributed by atoms with Crippen molar-refractivity contribution in [2.45, 2.75) is 64.5 Å². The van der Waals surface area contributed by atoms with Gasteiger partial charge < -0.3 is 15.7 Å². The van der Waals surface area contributed by atoms with Gasteiger partial charge >= 0.3 is 6.03 Å². The summed E-state index contributed by atoms with van der Waals surface area (Å²) in [6.07, 6.45) is 6.18. The summed E-state index contributed by atoms with van der Waals surface area (Å²) < 4.78 is 0. The Hall–Kier alpha value is -0.770. The van der Waals surface area contributed by atoms with Crippen molar-refractivity contribution in [1.29, 1.82) is 0 Å². The van der Waals surface area contributed by atoms with Crippen molar-refractivity contribution in [2.24, 2.45) is 5.92 Å². The van der Waals surface area contributed by atoms with Crippen molar-refractivity contribution >= 4 is 6.03 Å². The van der Waals surface area contributed by atoms with Crippen molar-refractivity contribution in [3.8, 4) is 0 Å². The van der Waals surface area contributed by atoms with E-state index in [2.05, 4.69) is 17.6 Å². The molecule has 1 saturated carbocycles. The first-order valence-electron chi connectivity index (χ1n) is 6.79. The highest BCUT2D eigenvalue weighted by Crippen LogP contribution is 2.23. The second-order valence-corrected chi connectivity index (χ2v) is 5.34. The van der Waals surface area contributed by atoms with Crippen molar-refractivity contribution in [2.75, 3.05) is 6.61 Å². The lowest BCUT2D eigenvalue weighted by Crippen LogP contribution is -2.46. The van der Waals surface area contributed by atoms with Gasteiger partial charge in [0.25, 0.3) is 0 Å². The minimum absolute atomic E-state index is 0.0602. The molecule has 1 aliphatic carbocycles. The molecule has 0 saturated heterocycles. The third-order valence-corrected chi connectivity index (χ3v) is 3.52. The molecule has 1 aliphatic rings. The lowest BCUT2D eigenvalue weighted by Gasteiger charge is -2.27. The van der Waals surface area contributed by atoms with Crippen LogP contribution in [0.15, 0.2) is 0 Å². The minimum atomic E-state index is -0.0602. The quantitative estimate of drug-likeness (QED) is 0.690. The molecule has 4 heteroatoms. The molecule has 0 aromatic heterocycles. The average molecular weight is 242 g/mol. The first kappa shape index (κ1) is 14.3. The number of rotatable bonds is 5. The van der Waals surface area contributed by atoms with Crippen molar-refractivity contribution in [3.05, 3.63) is 0 Å². The van der Waals surface area contributed by atoms with Crippen LogP contribution in [0.1, 0.15) is 52.4 Å². The molecule has 1 unspecified atom stereocenters. The molecule has 100 valence electrons. The summed E-state index contributed by atoms with van der Waals surface area (Å²) in [7, 11) is 0. The first-order valence-corrected chi connectivity index (χ1v) is 6.79. The van der Waals surface area contributed by atoms with Crippen LogP contribution >= 0.6 is 0 Å². The zero-order valence-electron chi connectivity index (χ0n) is 11.0. The Morgan fingerprint density at radius 3 is 2.59 bits per heavy atom. The van der Waals surface area contributed by atoms with Crippen LogP contribution in [0.2, 0.25) is 0 Å². The van der Waals surface area contributed by atoms with E-state index in [1.54, 1.807) is 0 Å². The number of carbonyl (C=O) groups is 1. The molecule has 0 aromatic carbocycles. The van der Waals surface area contributed by atoms with Gasteiger partial charge in [0.15, 0.2) is 0 Å². The van der Waals surface area contributed by atoms with Gasteiger partial charge in [0.1, 0.15) is 0 Å². The van der Waals surface area contributed by atoms with Gasteiger partial charge in [0, 0.05) is 18.7 Å². The number of carbonyl (C=O) groups excluding carboxylic acids is 1. The van der Waals surface area contributed by atoms with Gasteiger partial charge in [0.2, 0.25) is 0 Å². The number of hydrogen-bond acceptors (Lipinski definition) is 2. The number of hydrogen-bond donors (Lipinski definition) is 3. The van der Waals surface area contributed by atoms with Crippen LogP contribution in [0.3, 0.4) is 0 Å². The van der Waals surface area contributed by atoms with Gasteiger partial charge in [-0.25, -0.2) is 4.79 Å². The summed E-state index contributed by atoms with van der Waals surface area (Å²) >= 11 is 0. The van der Waals surface area contributed by atoms with Crippen molar-refractivity contribution < 1.29 is 9.90 Å². The molecule has 1 atom stereocenters. The van der Waals surface area contributed by atoms with E-state index in [-0.39, 0.29) is 18.7 Å². The van der Waals surface area contributed by atoms with Crippen LogP contribution in [-0.4, -0.2) is 29.8 Å². The molecule has 3 N–H and O–H groups in total. The average Bonchev–Trinajstić information content (AvgIpc) is 2.29. The van der Waals surface area contributed by atoms with Gasteiger partial charge in [-0.3, -0.25) is 0 Å². The molecule has 4 nitrogen and oxygen atoms in total. The van der Waals surface area contributed by atoms with Gasteiger partial charge in [-0.05, 0) is 51.4 Å². The van der Waals surface area contributed by atoms with E-state index in [0.29, 0.717) is 6.04 Å². The Bertz CT molecular complexity index is 225. The van der Waals surface area contributed by atoms with E-state index >= 15 is 0 Å². The highest BCUT2D eigenvalue weighted by Gasteiger charge is 2.19. The number of urea groups is 1. The van der Waals surface area contributed by atoms with Crippen LogP contribution in [0.4, 0.5) is 4.79 Å². The lowest BCUT2D eigenvalue weighted by atomic mass is 9.87. The summed E-state index contributed by atoms with van der Waals surface area (Å²) in [4.78, 5) is 11.7. The van der Waals surface area contributed by atoms with E-state index in [0.717, 1.165) is 31.6 Å². The van der Waals surface area contributed by atoms with Crippen LogP contribution < -0.4 is 10.6 Å². The van der Waals surface area contributed by atoms with E-state index in [1.165, 1.54) is 12.8 Å². The van der Waals surface area contributed by atoms with Gasteiger partial charge in [0.05, 0.1) is 0 Å². The Morgan fingerprint density at radius 1 is 1.35 bits per heavy atom. The normalized spacial score (nSPS) is 26.3. The fourth-order valence-corrected chi connectivity index (χ4v) is 2.32. The minimum Gasteiger partial charge on any atom is -0.396 e. The zero-order chi connectivity index (χ0) is 12.7. The van der Waals surface area contributed by atoms with Crippen LogP contribution in [0, 0.1) is 5.92 Å². The van der Waals surface area contributed by atoms with E-state index in [4.69, 9.17) is 5.11 Å². The standard InChI is InChI=1S/C13H26N2O2/c1-10-5-7-12(8-6-10)15-13(17)14-11(2)4-3-9-16/h10-12,16H,3-9H2,1-2H3,(H2,14,15,17). The Balaban J connectivity index is 2.16. The molecule has 1 fully saturated rings.